The first-order valence-corrected chi connectivity index (χ1v) is 6.52. The van der Waals surface area contributed by atoms with Crippen molar-refractivity contribution in [2.75, 3.05) is 5.32 Å². The molecule has 108 valence electrons. The second-order valence-electron chi connectivity index (χ2n) is 4.98. The minimum Gasteiger partial charge on any atom is -0.322 e. The number of amides is 1. The molecule has 1 amide bonds. The molecule has 5 heteroatoms. The van der Waals surface area contributed by atoms with E-state index in [-0.39, 0.29) is 11.3 Å². The maximum Gasteiger partial charge on any atom is 0.285 e. The molecule has 0 spiro atoms. The van der Waals surface area contributed by atoms with Gasteiger partial charge in [-0.15, -0.1) is 0 Å². The Labute approximate surface area is 122 Å². The summed E-state index contributed by atoms with van der Waals surface area (Å²) in [6.07, 6.45) is 0. The Balaban J connectivity index is 2.35. The van der Waals surface area contributed by atoms with Gasteiger partial charge in [0, 0.05) is 11.3 Å². The van der Waals surface area contributed by atoms with Gasteiger partial charge >= 0.3 is 0 Å². The van der Waals surface area contributed by atoms with E-state index >= 15 is 0 Å². The minimum absolute atomic E-state index is 0.0678. The Morgan fingerprint density at radius 3 is 2.38 bits per heavy atom. The van der Waals surface area contributed by atoms with E-state index < -0.39 is 10.8 Å². The highest BCUT2D eigenvalue weighted by Crippen LogP contribution is 2.24. The number of hydrogen-bond donors (Lipinski definition) is 1. The van der Waals surface area contributed by atoms with E-state index in [0.29, 0.717) is 11.3 Å². The number of anilines is 1. The molecule has 0 bridgehead atoms. The average Bonchev–Trinajstić information content (AvgIpc) is 2.42. The molecule has 0 atom stereocenters. The number of nitro benzene ring substituents is 1. The number of rotatable bonds is 3. The highest BCUT2D eigenvalue weighted by molar-refractivity contribution is 6.07. The maximum absolute atomic E-state index is 12.3. The Bertz CT molecular complexity index is 723. The van der Waals surface area contributed by atoms with Crippen molar-refractivity contribution in [2.45, 2.75) is 20.8 Å². The standard InChI is InChI=1S/C16H16N2O3/c1-10-7-8-13(9-12(10)3)17-16(19)14-6-4-5-11(2)15(14)18(20)21/h4-9H,1-3H3,(H,17,19). The molecule has 0 saturated carbocycles. The number of aryl methyl sites for hydroxylation is 3. The first-order valence-electron chi connectivity index (χ1n) is 6.52. The number of benzene rings is 2. The van der Waals surface area contributed by atoms with Gasteiger partial charge in [0.1, 0.15) is 5.56 Å². The van der Waals surface area contributed by atoms with Crippen molar-refractivity contribution in [3.05, 3.63) is 68.8 Å². The molecule has 21 heavy (non-hydrogen) atoms. The van der Waals surface area contributed by atoms with Gasteiger partial charge in [-0.1, -0.05) is 18.2 Å². The quantitative estimate of drug-likeness (QED) is 0.688. The summed E-state index contributed by atoms with van der Waals surface area (Å²) >= 11 is 0. The van der Waals surface area contributed by atoms with Crippen molar-refractivity contribution in [1.82, 2.24) is 0 Å². The number of nitrogens with zero attached hydrogens (tertiary/aromatic N) is 1. The van der Waals surface area contributed by atoms with E-state index in [1.807, 2.05) is 26.0 Å². The summed E-state index contributed by atoms with van der Waals surface area (Å²) in [6, 6.07) is 10.2. The van der Waals surface area contributed by atoms with Crippen molar-refractivity contribution in [2.24, 2.45) is 0 Å². The van der Waals surface area contributed by atoms with Gasteiger partial charge in [0.25, 0.3) is 11.6 Å². The molecule has 2 rings (SSSR count). The first kappa shape index (κ1) is 14.7. The third-order valence-corrected chi connectivity index (χ3v) is 3.43. The van der Waals surface area contributed by atoms with Crippen LogP contribution in [0.3, 0.4) is 0 Å². The van der Waals surface area contributed by atoms with Gasteiger partial charge in [0.05, 0.1) is 4.92 Å². The van der Waals surface area contributed by atoms with Crippen LogP contribution in [-0.2, 0) is 0 Å². The van der Waals surface area contributed by atoms with Crippen LogP contribution < -0.4 is 5.32 Å². The van der Waals surface area contributed by atoms with E-state index in [9.17, 15) is 14.9 Å². The summed E-state index contributed by atoms with van der Waals surface area (Å²) < 4.78 is 0. The average molecular weight is 284 g/mol. The Morgan fingerprint density at radius 2 is 1.76 bits per heavy atom. The first-order chi connectivity index (χ1) is 9.90. The van der Waals surface area contributed by atoms with Gasteiger partial charge in [-0.05, 0) is 50.1 Å². The summed E-state index contributed by atoms with van der Waals surface area (Å²) in [5, 5.41) is 13.8. The summed E-state index contributed by atoms with van der Waals surface area (Å²) in [6.45, 7) is 5.54. The molecule has 0 aliphatic carbocycles. The molecule has 2 aromatic rings. The normalized spacial score (nSPS) is 10.2. The lowest BCUT2D eigenvalue weighted by molar-refractivity contribution is -0.385. The molecule has 0 saturated heterocycles. The number of nitro groups is 1. The van der Waals surface area contributed by atoms with Crippen LogP contribution in [0, 0.1) is 30.9 Å². The van der Waals surface area contributed by atoms with Crippen molar-refractivity contribution in [3.8, 4) is 0 Å². The minimum atomic E-state index is -0.523. The number of hydrogen-bond acceptors (Lipinski definition) is 3. The molecule has 0 aromatic heterocycles. The molecule has 0 fully saturated rings. The third kappa shape index (κ3) is 3.08. The molecule has 5 nitrogen and oxygen atoms in total. The second kappa shape index (κ2) is 5.75. The Kier molecular flexibility index (Phi) is 4.03. The highest BCUT2D eigenvalue weighted by atomic mass is 16.6. The van der Waals surface area contributed by atoms with Gasteiger partial charge < -0.3 is 5.32 Å². The number of carbonyl (C=O) groups is 1. The zero-order valence-corrected chi connectivity index (χ0v) is 12.1. The number of nitrogens with one attached hydrogen (secondary N) is 1. The fraction of sp³-hybridized carbons (Fsp3) is 0.188. The number of carbonyl (C=O) groups excluding carboxylic acids is 1. The maximum atomic E-state index is 12.3. The van der Waals surface area contributed by atoms with Crippen LogP contribution >= 0.6 is 0 Å². The summed E-state index contributed by atoms with van der Waals surface area (Å²) in [7, 11) is 0. The lowest BCUT2D eigenvalue weighted by Gasteiger charge is -2.09. The SMILES string of the molecule is Cc1ccc(NC(=O)c2cccc(C)c2[N+](=O)[O-])cc1C. The van der Waals surface area contributed by atoms with Crippen LogP contribution in [0.5, 0.6) is 0 Å². The third-order valence-electron chi connectivity index (χ3n) is 3.43. The Hall–Kier alpha value is -2.69. The van der Waals surface area contributed by atoms with Crippen molar-refractivity contribution in [3.63, 3.8) is 0 Å². The van der Waals surface area contributed by atoms with E-state index in [4.69, 9.17) is 0 Å². The monoisotopic (exact) mass is 284 g/mol. The van der Waals surface area contributed by atoms with Crippen molar-refractivity contribution < 1.29 is 9.72 Å². The predicted molar refractivity (Wildman–Crippen MR) is 81.7 cm³/mol. The Morgan fingerprint density at radius 1 is 1.05 bits per heavy atom. The van der Waals surface area contributed by atoms with E-state index in [0.717, 1.165) is 11.1 Å². The lowest BCUT2D eigenvalue weighted by Crippen LogP contribution is -2.14. The molecule has 0 aliphatic rings. The summed E-state index contributed by atoms with van der Waals surface area (Å²) in [5.74, 6) is -0.478. The predicted octanol–water partition coefficient (Wildman–Crippen LogP) is 3.77. The smallest absolute Gasteiger partial charge is 0.285 e. The zero-order chi connectivity index (χ0) is 15.6. The fourth-order valence-electron chi connectivity index (χ4n) is 2.10. The molecule has 0 radical (unpaired) electrons. The van der Waals surface area contributed by atoms with E-state index in [2.05, 4.69) is 5.32 Å². The van der Waals surface area contributed by atoms with Crippen LogP contribution in [0.1, 0.15) is 27.0 Å². The van der Waals surface area contributed by atoms with Crippen LogP contribution in [0.25, 0.3) is 0 Å². The molecule has 1 N–H and O–H groups in total. The molecule has 0 unspecified atom stereocenters. The fourth-order valence-corrected chi connectivity index (χ4v) is 2.10. The summed E-state index contributed by atoms with van der Waals surface area (Å²) in [5.41, 5.74) is 3.17. The van der Waals surface area contributed by atoms with E-state index in [1.165, 1.54) is 6.07 Å². The van der Waals surface area contributed by atoms with Gasteiger partial charge in [0.2, 0.25) is 0 Å². The van der Waals surface area contributed by atoms with Gasteiger partial charge in [-0.2, -0.15) is 0 Å². The topological polar surface area (TPSA) is 72.2 Å². The van der Waals surface area contributed by atoms with Crippen LogP contribution in [0.15, 0.2) is 36.4 Å². The number of para-hydroxylation sites is 1. The van der Waals surface area contributed by atoms with Crippen molar-refractivity contribution >= 4 is 17.3 Å². The largest absolute Gasteiger partial charge is 0.322 e. The van der Waals surface area contributed by atoms with Gasteiger partial charge in [-0.3, -0.25) is 14.9 Å². The van der Waals surface area contributed by atoms with Crippen LogP contribution in [0.2, 0.25) is 0 Å². The molecular formula is C16H16N2O3. The van der Waals surface area contributed by atoms with E-state index in [1.54, 1.807) is 25.1 Å². The van der Waals surface area contributed by atoms with Crippen LogP contribution in [-0.4, -0.2) is 10.8 Å². The van der Waals surface area contributed by atoms with Gasteiger partial charge in [-0.25, -0.2) is 0 Å². The van der Waals surface area contributed by atoms with Crippen molar-refractivity contribution in [1.29, 1.82) is 0 Å². The molecule has 0 aliphatic heterocycles. The lowest BCUT2D eigenvalue weighted by atomic mass is 10.1. The second-order valence-corrected chi connectivity index (χ2v) is 4.98. The van der Waals surface area contributed by atoms with Crippen LogP contribution in [0.4, 0.5) is 11.4 Å². The molecular weight excluding hydrogens is 268 g/mol. The zero-order valence-electron chi connectivity index (χ0n) is 12.1. The molecule has 0 heterocycles. The summed E-state index contributed by atoms with van der Waals surface area (Å²) in [4.78, 5) is 22.9. The highest BCUT2D eigenvalue weighted by Gasteiger charge is 2.22. The molecule has 2 aromatic carbocycles. The van der Waals surface area contributed by atoms with Gasteiger partial charge in [0.15, 0.2) is 0 Å².